The number of methoxy groups -OCH3 is 1. The number of hydroxylamine groups is 1. The van der Waals surface area contributed by atoms with E-state index >= 15 is 0 Å². The van der Waals surface area contributed by atoms with Crippen molar-refractivity contribution < 1.29 is 43.5 Å². The molecule has 1 unspecified atom stereocenters. The lowest BCUT2D eigenvalue weighted by Gasteiger charge is -2.27. The van der Waals surface area contributed by atoms with E-state index in [1.54, 1.807) is 24.3 Å². The van der Waals surface area contributed by atoms with Gasteiger partial charge in [0.2, 0.25) is 17.7 Å². The number of hydrogen-bond donors (Lipinski definition) is 6. The molecule has 0 saturated carbocycles. The Morgan fingerprint density at radius 1 is 0.878 bits per heavy atom. The molecule has 2 heterocycles. The number of nitrogens with one attached hydrogen (secondary N) is 5. The number of rotatable bonds is 13. The van der Waals surface area contributed by atoms with Crippen molar-refractivity contribution in [3.63, 3.8) is 0 Å². The van der Waals surface area contributed by atoms with Crippen LogP contribution in [-0.4, -0.2) is 71.2 Å². The molecule has 0 aromatic heterocycles. The molecule has 0 aliphatic carbocycles. The summed E-state index contributed by atoms with van der Waals surface area (Å²) in [4.78, 5) is 88.1. The zero-order valence-electron chi connectivity index (χ0n) is 26.5. The molecule has 0 radical (unpaired) electrons. The van der Waals surface area contributed by atoms with Crippen molar-refractivity contribution in [2.45, 2.75) is 44.6 Å². The SMILES string of the molecule is COc1ccc(C(=O)NO)cc1NC(=O)c1ccc(NC(=O)CCCCCNc2cccc3c2C(=O)N(C2CCC(=O)NC2=O)C3=O)cc1. The highest BCUT2D eigenvalue weighted by molar-refractivity contribution is 6.25. The lowest BCUT2D eigenvalue weighted by molar-refractivity contribution is -0.136. The minimum atomic E-state index is -1.04. The minimum Gasteiger partial charge on any atom is -0.495 e. The van der Waals surface area contributed by atoms with Gasteiger partial charge in [0.1, 0.15) is 11.8 Å². The molecule has 49 heavy (non-hydrogen) atoms. The fourth-order valence-electron chi connectivity index (χ4n) is 5.61. The van der Waals surface area contributed by atoms with Crippen molar-refractivity contribution in [1.29, 1.82) is 0 Å². The summed E-state index contributed by atoms with van der Waals surface area (Å²) in [5.74, 6) is -3.36. The molecule has 5 rings (SSSR count). The summed E-state index contributed by atoms with van der Waals surface area (Å²) in [6, 6.07) is 14.4. The number of nitrogens with zero attached hydrogens (tertiary/aromatic N) is 1. The van der Waals surface area contributed by atoms with Crippen LogP contribution < -0.4 is 31.5 Å². The summed E-state index contributed by atoms with van der Waals surface area (Å²) >= 11 is 0. The third-order valence-corrected chi connectivity index (χ3v) is 8.11. The molecule has 15 heteroatoms. The molecule has 1 atom stereocenters. The molecular weight excluding hydrogens is 636 g/mol. The van der Waals surface area contributed by atoms with Crippen molar-refractivity contribution >= 4 is 58.4 Å². The molecule has 2 aliphatic rings. The summed E-state index contributed by atoms with van der Waals surface area (Å²) in [5, 5.41) is 19.7. The zero-order valence-corrected chi connectivity index (χ0v) is 26.5. The van der Waals surface area contributed by atoms with E-state index in [1.165, 1.54) is 49.0 Å². The van der Waals surface area contributed by atoms with E-state index in [0.29, 0.717) is 48.5 Å². The number of unbranched alkanes of at least 4 members (excludes halogenated alkanes) is 2. The number of carbonyl (C=O) groups is 7. The number of benzene rings is 3. The average Bonchev–Trinajstić information content (AvgIpc) is 3.35. The predicted molar refractivity (Wildman–Crippen MR) is 175 cm³/mol. The van der Waals surface area contributed by atoms with Crippen LogP contribution in [-0.2, 0) is 14.4 Å². The van der Waals surface area contributed by atoms with Gasteiger partial charge in [0.05, 0.1) is 23.9 Å². The molecule has 2 aliphatic heterocycles. The topological polar surface area (TPSA) is 212 Å². The highest BCUT2D eigenvalue weighted by atomic mass is 16.5. The Balaban J connectivity index is 1.06. The molecule has 0 bridgehead atoms. The van der Waals surface area contributed by atoms with Crippen LogP contribution in [0.3, 0.4) is 0 Å². The minimum absolute atomic E-state index is 0.0435. The molecular formula is C34H34N6O9. The monoisotopic (exact) mass is 670 g/mol. The predicted octanol–water partition coefficient (Wildman–Crippen LogP) is 3.08. The standard InChI is InChI=1S/C34H34N6O9/c1-49-26-15-11-20(31(44)39-48)18-24(26)37-30(43)19-9-12-21(13-10-19)36-27(41)8-3-2-4-17-35-23-7-5-6-22-29(23)34(47)40(33(22)46)25-14-16-28(42)38-32(25)45/h5-7,9-13,15,18,25,35,48H,2-4,8,14,16-17H2,1H3,(H,36,41)(H,37,43)(H,39,44)(H,38,42,45). The van der Waals surface area contributed by atoms with E-state index in [1.807, 2.05) is 0 Å². The Bertz CT molecular complexity index is 1820. The number of carbonyl (C=O) groups excluding carboxylic acids is 7. The van der Waals surface area contributed by atoms with Crippen LogP contribution in [0, 0.1) is 0 Å². The van der Waals surface area contributed by atoms with Crippen LogP contribution >= 0.6 is 0 Å². The van der Waals surface area contributed by atoms with E-state index in [2.05, 4.69) is 21.3 Å². The Morgan fingerprint density at radius 2 is 1.63 bits per heavy atom. The van der Waals surface area contributed by atoms with Crippen molar-refractivity contribution in [3.8, 4) is 5.75 Å². The first-order valence-corrected chi connectivity index (χ1v) is 15.5. The second-order valence-electron chi connectivity index (χ2n) is 11.3. The normalized spacial score (nSPS) is 15.3. The van der Waals surface area contributed by atoms with Gasteiger partial charge in [0, 0.05) is 41.9 Å². The third kappa shape index (κ3) is 7.73. The number of ether oxygens (including phenoxy) is 1. The van der Waals surface area contributed by atoms with Crippen molar-refractivity contribution in [2.75, 3.05) is 29.6 Å². The lowest BCUT2D eigenvalue weighted by Crippen LogP contribution is -2.54. The number of hydrogen-bond acceptors (Lipinski definition) is 10. The van der Waals surface area contributed by atoms with E-state index in [9.17, 15) is 33.6 Å². The molecule has 1 fully saturated rings. The Hall–Kier alpha value is -6.09. The smallest absolute Gasteiger partial charge is 0.274 e. The quantitative estimate of drug-likeness (QED) is 0.0677. The number of piperidine rings is 1. The van der Waals surface area contributed by atoms with Crippen LogP contribution in [0.2, 0.25) is 0 Å². The van der Waals surface area contributed by atoms with Crippen molar-refractivity contribution in [3.05, 3.63) is 82.9 Å². The van der Waals surface area contributed by atoms with Gasteiger partial charge in [-0.25, -0.2) is 5.48 Å². The Kier molecular flexibility index (Phi) is 10.6. The van der Waals surface area contributed by atoms with Crippen LogP contribution in [0.4, 0.5) is 17.1 Å². The van der Waals surface area contributed by atoms with Gasteiger partial charge in [0.15, 0.2) is 0 Å². The van der Waals surface area contributed by atoms with Crippen LogP contribution in [0.5, 0.6) is 5.75 Å². The third-order valence-electron chi connectivity index (χ3n) is 8.11. The number of amides is 7. The molecule has 254 valence electrons. The van der Waals surface area contributed by atoms with Gasteiger partial charge >= 0.3 is 0 Å². The second-order valence-corrected chi connectivity index (χ2v) is 11.3. The molecule has 0 spiro atoms. The van der Waals surface area contributed by atoms with E-state index in [0.717, 1.165) is 4.90 Å². The van der Waals surface area contributed by atoms with Crippen molar-refractivity contribution in [2.24, 2.45) is 0 Å². The van der Waals surface area contributed by atoms with E-state index in [-0.39, 0.29) is 47.5 Å². The molecule has 6 N–H and O–H groups in total. The van der Waals surface area contributed by atoms with Gasteiger partial charge in [-0.15, -0.1) is 0 Å². The molecule has 15 nitrogen and oxygen atoms in total. The highest BCUT2D eigenvalue weighted by Crippen LogP contribution is 2.32. The summed E-state index contributed by atoms with van der Waals surface area (Å²) in [5.41, 5.74) is 3.55. The maximum absolute atomic E-state index is 13.2. The second kappa shape index (κ2) is 15.2. The molecule has 1 saturated heterocycles. The van der Waals surface area contributed by atoms with Gasteiger partial charge < -0.3 is 20.7 Å². The van der Waals surface area contributed by atoms with Gasteiger partial charge in [-0.2, -0.15) is 0 Å². The van der Waals surface area contributed by atoms with Gasteiger partial charge in [-0.05, 0) is 73.9 Å². The zero-order chi connectivity index (χ0) is 35.1. The number of anilines is 3. The molecule has 3 aromatic carbocycles. The fraction of sp³-hybridized carbons (Fsp3) is 0.265. The van der Waals surface area contributed by atoms with E-state index < -0.39 is 41.5 Å². The molecule has 3 aromatic rings. The summed E-state index contributed by atoms with van der Waals surface area (Å²) in [6.45, 7) is 0.478. The van der Waals surface area contributed by atoms with Gasteiger partial charge in [-0.3, -0.25) is 49.0 Å². The largest absolute Gasteiger partial charge is 0.495 e. The van der Waals surface area contributed by atoms with Crippen molar-refractivity contribution in [1.82, 2.24) is 15.7 Å². The number of fused-ring (bicyclic) bond motifs is 1. The first-order valence-electron chi connectivity index (χ1n) is 15.5. The Morgan fingerprint density at radius 3 is 2.35 bits per heavy atom. The van der Waals surface area contributed by atoms with Crippen LogP contribution in [0.1, 0.15) is 80.0 Å². The number of imide groups is 2. The van der Waals surface area contributed by atoms with E-state index in [4.69, 9.17) is 9.94 Å². The average molecular weight is 671 g/mol. The maximum Gasteiger partial charge on any atom is 0.274 e. The van der Waals surface area contributed by atoms with Gasteiger partial charge in [-0.1, -0.05) is 12.5 Å². The molecule has 7 amide bonds. The highest BCUT2D eigenvalue weighted by Gasteiger charge is 2.45. The summed E-state index contributed by atoms with van der Waals surface area (Å²) in [6.07, 6.45) is 2.36. The van der Waals surface area contributed by atoms with Gasteiger partial charge in [0.25, 0.3) is 23.6 Å². The summed E-state index contributed by atoms with van der Waals surface area (Å²) < 4.78 is 5.23. The first-order chi connectivity index (χ1) is 23.6. The maximum atomic E-state index is 13.2. The van der Waals surface area contributed by atoms with Crippen LogP contribution in [0.25, 0.3) is 0 Å². The van der Waals surface area contributed by atoms with Crippen LogP contribution in [0.15, 0.2) is 60.7 Å². The first kappa shape index (κ1) is 34.3. The Labute approximate surface area is 280 Å². The summed E-state index contributed by atoms with van der Waals surface area (Å²) in [7, 11) is 1.41. The fourth-order valence-corrected chi connectivity index (χ4v) is 5.61. The lowest BCUT2D eigenvalue weighted by atomic mass is 10.0.